The number of unbranched alkanes of at least 4 members (excludes halogenated alkanes) is 31. The highest BCUT2D eigenvalue weighted by molar-refractivity contribution is 7.47. The second-order valence-electron chi connectivity index (χ2n) is 18.3. The maximum atomic E-state index is 12.7. The van der Waals surface area contributed by atoms with E-state index in [4.69, 9.17) is 18.5 Å². The molecule has 0 spiro atoms. The van der Waals surface area contributed by atoms with E-state index in [1.54, 1.807) is 6.08 Å². The number of likely N-dealkylation sites (N-methyl/N-ethyl adjacent to an activating group) is 1. The summed E-state index contributed by atoms with van der Waals surface area (Å²) in [5.74, 6) is -1.04. The Morgan fingerprint density at radius 3 is 1.37 bits per heavy atom. The van der Waals surface area contributed by atoms with Gasteiger partial charge in [-0.25, -0.2) is 9.36 Å². The van der Waals surface area contributed by atoms with Gasteiger partial charge in [-0.15, -0.1) is 0 Å². The van der Waals surface area contributed by atoms with Gasteiger partial charge in [0.25, 0.3) is 0 Å². The molecule has 0 bridgehead atoms. The third-order valence-electron chi connectivity index (χ3n) is 11.1. The van der Waals surface area contributed by atoms with E-state index in [-0.39, 0.29) is 19.6 Å². The molecule has 0 aromatic heterocycles. The molecule has 60 heavy (non-hydrogen) atoms. The summed E-state index contributed by atoms with van der Waals surface area (Å²) in [6, 6.07) is 0. The number of phosphoric ester groups is 1. The predicted octanol–water partition coefficient (Wildman–Crippen LogP) is 14.7. The number of allylic oxidation sites excluding steroid dienone is 3. The Bertz CT molecular complexity index is 1070. The van der Waals surface area contributed by atoms with Gasteiger partial charge in [0, 0.05) is 12.5 Å². The van der Waals surface area contributed by atoms with E-state index in [0.717, 1.165) is 25.7 Å². The summed E-state index contributed by atoms with van der Waals surface area (Å²) in [6.07, 6.45) is 48.7. The van der Waals surface area contributed by atoms with Crippen LogP contribution in [0.5, 0.6) is 0 Å². The van der Waals surface area contributed by atoms with Crippen LogP contribution in [0.25, 0.3) is 0 Å². The molecule has 1 N–H and O–H groups in total. The lowest BCUT2D eigenvalue weighted by Crippen LogP contribution is -2.37. The lowest BCUT2D eigenvalue weighted by Gasteiger charge is -2.24. The minimum atomic E-state index is -4.39. The number of esters is 2. The molecule has 0 aromatic rings. The molecule has 0 saturated heterocycles. The summed E-state index contributed by atoms with van der Waals surface area (Å²) >= 11 is 0. The van der Waals surface area contributed by atoms with Gasteiger partial charge in [0.2, 0.25) is 0 Å². The van der Waals surface area contributed by atoms with E-state index < -0.39 is 32.5 Å². The van der Waals surface area contributed by atoms with Gasteiger partial charge in [-0.2, -0.15) is 0 Å². The Kier molecular flexibility index (Phi) is 41.7. The molecule has 2 atom stereocenters. The van der Waals surface area contributed by atoms with Crippen molar-refractivity contribution in [3.05, 3.63) is 24.3 Å². The molecule has 0 aliphatic carbocycles. The molecule has 0 amide bonds. The van der Waals surface area contributed by atoms with E-state index >= 15 is 0 Å². The minimum Gasteiger partial charge on any atom is -0.458 e. The van der Waals surface area contributed by atoms with Gasteiger partial charge in [-0.05, 0) is 19.3 Å². The Balaban J connectivity index is 4.29. The molecule has 0 aromatic carbocycles. The van der Waals surface area contributed by atoms with E-state index in [1.165, 1.54) is 186 Å². The van der Waals surface area contributed by atoms with Gasteiger partial charge in [0.1, 0.15) is 19.8 Å². The molecule has 10 heteroatoms. The van der Waals surface area contributed by atoms with Crippen LogP contribution in [0.15, 0.2) is 24.3 Å². The molecule has 0 rings (SSSR count). The molecule has 0 aliphatic heterocycles. The minimum absolute atomic E-state index is 0.0216. The molecule has 9 nitrogen and oxygen atoms in total. The zero-order valence-electron chi connectivity index (χ0n) is 40.0. The van der Waals surface area contributed by atoms with Crippen molar-refractivity contribution in [1.29, 1.82) is 0 Å². The van der Waals surface area contributed by atoms with Gasteiger partial charge in [0.05, 0.1) is 27.7 Å². The van der Waals surface area contributed by atoms with Crippen LogP contribution in [0.3, 0.4) is 0 Å². The number of hydrogen-bond acceptors (Lipinski definition) is 7. The van der Waals surface area contributed by atoms with Crippen molar-refractivity contribution in [2.75, 3.05) is 47.5 Å². The van der Waals surface area contributed by atoms with Crippen LogP contribution in [0.4, 0.5) is 0 Å². The summed E-state index contributed by atoms with van der Waals surface area (Å²) in [7, 11) is 1.45. The van der Waals surface area contributed by atoms with E-state index in [9.17, 15) is 19.0 Å². The van der Waals surface area contributed by atoms with Crippen LogP contribution in [-0.2, 0) is 32.7 Å². The molecule has 0 fully saturated rings. The largest absolute Gasteiger partial charge is 0.472 e. The summed E-state index contributed by atoms with van der Waals surface area (Å²) in [6.45, 7) is 4.33. The molecule has 0 saturated carbocycles. The molecular formula is C50H97NO8P+. The van der Waals surface area contributed by atoms with Crippen LogP contribution in [0.1, 0.15) is 232 Å². The zero-order valence-corrected chi connectivity index (χ0v) is 40.9. The fourth-order valence-electron chi connectivity index (χ4n) is 7.17. The number of carbonyl (C=O) groups is 2. The first-order chi connectivity index (χ1) is 29.0. The maximum Gasteiger partial charge on any atom is 0.472 e. The SMILES string of the molecule is CCCCCCCCCCCCC/C=C/C=C/C(=O)OC[C@H](COP(=O)(O)OCC[N+](C)(C)C)OC(=O)CCCCCCCCCCCCCCCCCCCCCCC. The average Bonchev–Trinajstić information content (AvgIpc) is 3.20. The van der Waals surface area contributed by atoms with Crippen molar-refractivity contribution in [3.63, 3.8) is 0 Å². The van der Waals surface area contributed by atoms with Crippen molar-refractivity contribution in [3.8, 4) is 0 Å². The smallest absolute Gasteiger partial charge is 0.458 e. The third kappa shape index (κ3) is 46.0. The summed E-state index contributed by atoms with van der Waals surface area (Å²) in [4.78, 5) is 35.4. The second kappa shape index (κ2) is 42.8. The third-order valence-corrected chi connectivity index (χ3v) is 12.1. The Morgan fingerprint density at radius 1 is 0.550 bits per heavy atom. The predicted molar refractivity (Wildman–Crippen MR) is 252 cm³/mol. The molecule has 0 aliphatic rings. The Labute approximate surface area is 370 Å². The number of phosphoric acid groups is 1. The number of nitrogens with zero attached hydrogens (tertiary/aromatic N) is 1. The molecule has 0 radical (unpaired) electrons. The van der Waals surface area contributed by atoms with Gasteiger partial charge in [-0.1, -0.05) is 225 Å². The number of ether oxygens (including phenoxy) is 2. The summed E-state index contributed by atoms with van der Waals surface area (Å²) in [5, 5.41) is 0. The van der Waals surface area contributed by atoms with Crippen LogP contribution in [-0.4, -0.2) is 74.9 Å². The fourth-order valence-corrected chi connectivity index (χ4v) is 7.91. The Hall–Kier alpha value is -1.51. The Morgan fingerprint density at radius 2 is 0.950 bits per heavy atom. The van der Waals surface area contributed by atoms with Crippen LogP contribution in [0, 0.1) is 0 Å². The zero-order chi connectivity index (χ0) is 44.3. The van der Waals surface area contributed by atoms with Crippen molar-refractivity contribution in [2.45, 2.75) is 238 Å². The normalized spacial score (nSPS) is 13.6. The molecule has 354 valence electrons. The maximum absolute atomic E-state index is 12.7. The quantitative estimate of drug-likeness (QED) is 0.0161. The van der Waals surface area contributed by atoms with Crippen LogP contribution >= 0.6 is 7.82 Å². The summed E-state index contributed by atoms with van der Waals surface area (Å²) in [5.41, 5.74) is 0. The first kappa shape index (κ1) is 58.5. The highest BCUT2D eigenvalue weighted by Gasteiger charge is 2.27. The van der Waals surface area contributed by atoms with E-state index in [0.29, 0.717) is 17.4 Å². The molecular weight excluding hydrogens is 774 g/mol. The lowest BCUT2D eigenvalue weighted by atomic mass is 10.0. The highest BCUT2D eigenvalue weighted by atomic mass is 31.2. The van der Waals surface area contributed by atoms with Crippen molar-refractivity contribution >= 4 is 19.8 Å². The highest BCUT2D eigenvalue weighted by Crippen LogP contribution is 2.43. The van der Waals surface area contributed by atoms with Crippen LogP contribution in [0.2, 0.25) is 0 Å². The van der Waals surface area contributed by atoms with E-state index in [2.05, 4.69) is 19.9 Å². The number of hydrogen-bond donors (Lipinski definition) is 1. The number of quaternary nitrogens is 1. The lowest BCUT2D eigenvalue weighted by molar-refractivity contribution is -0.870. The van der Waals surface area contributed by atoms with Crippen molar-refractivity contribution in [1.82, 2.24) is 0 Å². The topological polar surface area (TPSA) is 108 Å². The van der Waals surface area contributed by atoms with Crippen molar-refractivity contribution in [2.24, 2.45) is 0 Å². The standard InChI is InChI=1S/C50H96NO8P/c1-6-8-10-12-14-16-18-20-22-23-24-25-26-27-29-31-33-35-37-39-41-43-50(53)59-48(47-58-60(54,55)57-45-44-51(3,4)5)46-56-49(52)42-40-38-36-34-32-30-28-21-19-17-15-13-11-9-7-2/h36,38,40,42,48H,6-35,37,39,41,43-47H2,1-5H3/p+1/b38-36+,42-40+/t48-/m1/s1. The van der Waals surface area contributed by atoms with Gasteiger partial charge < -0.3 is 18.9 Å². The van der Waals surface area contributed by atoms with Crippen LogP contribution < -0.4 is 0 Å². The van der Waals surface area contributed by atoms with Gasteiger partial charge >= 0.3 is 19.8 Å². The van der Waals surface area contributed by atoms with Gasteiger partial charge in [-0.3, -0.25) is 13.8 Å². The number of carbonyl (C=O) groups excluding carboxylic acids is 2. The second-order valence-corrected chi connectivity index (χ2v) is 19.7. The van der Waals surface area contributed by atoms with E-state index in [1.807, 2.05) is 27.2 Å². The first-order valence-electron chi connectivity index (χ1n) is 25.1. The summed E-state index contributed by atoms with van der Waals surface area (Å²) < 4.78 is 34.2. The fraction of sp³-hybridized carbons (Fsp3) is 0.880. The molecule has 0 heterocycles. The molecule has 1 unspecified atom stereocenters. The number of rotatable bonds is 46. The van der Waals surface area contributed by atoms with Gasteiger partial charge in [0.15, 0.2) is 6.10 Å². The average molecular weight is 871 g/mol. The first-order valence-corrected chi connectivity index (χ1v) is 26.6. The van der Waals surface area contributed by atoms with Crippen molar-refractivity contribution < 1.29 is 42.1 Å². The monoisotopic (exact) mass is 871 g/mol.